The summed E-state index contributed by atoms with van der Waals surface area (Å²) in [6.07, 6.45) is 3.01. The van der Waals surface area contributed by atoms with Gasteiger partial charge >= 0.3 is 0 Å². The summed E-state index contributed by atoms with van der Waals surface area (Å²) in [4.78, 5) is 25.7. The van der Waals surface area contributed by atoms with E-state index in [0.717, 1.165) is 11.1 Å². The van der Waals surface area contributed by atoms with Gasteiger partial charge in [0.25, 0.3) is 0 Å². The molecule has 0 fully saturated rings. The van der Waals surface area contributed by atoms with Crippen LogP contribution in [0.4, 0.5) is 0 Å². The van der Waals surface area contributed by atoms with E-state index in [1.807, 2.05) is 47.6 Å². The van der Waals surface area contributed by atoms with Crippen LogP contribution >= 0.6 is 0 Å². The van der Waals surface area contributed by atoms with Gasteiger partial charge in [0.05, 0.1) is 23.7 Å². The molecular formula is C22H34O5. The largest absolute Gasteiger partial charge is 0.511 e. The maximum absolute atomic E-state index is 13.1. The Morgan fingerprint density at radius 2 is 1.70 bits per heavy atom. The summed E-state index contributed by atoms with van der Waals surface area (Å²) >= 11 is 0. The van der Waals surface area contributed by atoms with E-state index in [0.29, 0.717) is 0 Å². The third kappa shape index (κ3) is 4.96. The maximum Gasteiger partial charge on any atom is 0.174 e. The number of hydrogen-bond acceptors (Lipinski definition) is 5. The quantitative estimate of drug-likeness (QED) is 0.420. The van der Waals surface area contributed by atoms with Gasteiger partial charge in [0.2, 0.25) is 0 Å². The first-order valence-electron chi connectivity index (χ1n) is 9.55. The molecule has 3 atom stereocenters. The van der Waals surface area contributed by atoms with Gasteiger partial charge in [0.1, 0.15) is 5.76 Å². The van der Waals surface area contributed by atoms with E-state index in [2.05, 4.69) is 0 Å². The first-order valence-corrected chi connectivity index (χ1v) is 9.55. The van der Waals surface area contributed by atoms with Crippen LogP contribution in [0.25, 0.3) is 0 Å². The molecule has 0 radical (unpaired) electrons. The Morgan fingerprint density at radius 1 is 1.15 bits per heavy atom. The van der Waals surface area contributed by atoms with E-state index >= 15 is 0 Å². The number of Topliss-reactive ketones (excluding diaryl/α,β-unsaturated/α-hetero) is 2. The van der Waals surface area contributed by atoms with Crippen LogP contribution in [0.15, 0.2) is 34.6 Å². The van der Waals surface area contributed by atoms with E-state index in [9.17, 15) is 24.9 Å². The summed E-state index contributed by atoms with van der Waals surface area (Å²) in [6.45, 7) is 10.6. The molecule has 5 heteroatoms. The fraction of sp³-hybridized carbons (Fsp3) is 0.636. The average Bonchev–Trinajstić information content (AvgIpc) is 2.77. The molecule has 0 amide bonds. The molecule has 1 unspecified atom stereocenters. The lowest BCUT2D eigenvalue weighted by atomic mass is 9.70. The number of allylic oxidation sites excluding steroid dienone is 4. The molecule has 1 aliphatic rings. The zero-order valence-corrected chi connectivity index (χ0v) is 17.4. The minimum atomic E-state index is -1.56. The molecule has 0 heterocycles. The number of aliphatic hydroxyl groups excluding tert-OH is 3. The highest BCUT2D eigenvalue weighted by molar-refractivity contribution is 6.23. The van der Waals surface area contributed by atoms with Crippen LogP contribution in [-0.4, -0.2) is 39.6 Å². The maximum atomic E-state index is 13.1. The van der Waals surface area contributed by atoms with Crippen molar-refractivity contribution >= 4 is 11.6 Å². The van der Waals surface area contributed by atoms with Gasteiger partial charge < -0.3 is 15.3 Å². The highest BCUT2D eigenvalue weighted by Gasteiger charge is 2.58. The minimum Gasteiger partial charge on any atom is -0.511 e. The van der Waals surface area contributed by atoms with Crippen molar-refractivity contribution in [2.75, 3.05) is 6.61 Å². The van der Waals surface area contributed by atoms with E-state index in [1.54, 1.807) is 6.08 Å². The smallest absolute Gasteiger partial charge is 0.174 e. The fourth-order valence-corrected chi connectivity index (χ4v) is 3.57. The lowest BCUT2D eigenvalue weighted by Gasteiger charge is -2.37. The monoisotopic (exact) mass is 378 g/mol. The second kappa shape index (κ2) is 9.47. The Balaban J connectivity index is 3.50. The van der Waals surface area contributed by atoms with Gasteiger partial charge in [-0.05, 0) is 46.5 Å². The first-order chi connectivity index (χ1) is 12.5. The molecule has 3 N–H and O–H groups in total. The topological polar surface area (TPSA) is 94.8 Å². The molecule has 0 aromatic heterocycles. The Hall–Kier alpha value is -1.72. The number of ketones is 2. The normalized spacial score (nSPS) is 23.6. The summed E-state index contributed by atoms with van der Waals surface area (Å²) < 4.78 is 0. The second-order valence-corrected chi connectivity index (χ2v) is 8.41. The molecule has 1 rings (SSSR count). The summed E-state index contributed by atoms with van der Waals surface area (Å²) in [7, 11) is 0. The second-order valence-electron chi connectivity index (χ2n) is 8.41. The number of carbonyl (C=O) groups is 2. The molecule has 1 aliphatic carbocycles. The van der Waals surface area contributed by atoms with Crippen molar-refractivity contribution in [1.82, 2.24) is 0 Å². The number of hydrogen-bond donors (Lipinski definition) is 3. The van der Waals surface area contributed by atoms with Crippen LogP contribution in [0.5, 0.6) is 0 Å². The molecule has 5 nitrogen and oxygen atoms in total. The zero-order chi connectivity index (χ0) is 20.9. The SMILES string of the molecule is CC(C)=CCC1C(=O)C(C(=O)CC(C)C)=C(O)[C@]1(CO)[C@@H](O)CC=C(C)C. The predicted molar refractivity (Wildman–Crippen MR) is 106 cm³/mol. The first kappa shape index (κ1) is 23.3. The van der Waals surface area contributed by atoms with Gasteiger partial charge in [0, 0.05) is 12.3 Å². The van der Waals surface area contributed by atoms with Crippen LogP contribution in [0.3, 0.4) is 0 Å². The zero-order valence-electron chi connectivity index (χ0n) is 17.4. The molecule has 0 bridgehead atoms. The van der Waals surface area contributed by atoms with Crippen LogP contribution in [0, 0.1) is 17.3 Å². The van der Waals surface area contributed by atoms with Crippen molar-refractivity contribution < 1.29 is 24.9 Å². The molecular weight excluding hydrogens is 344 g/mol. The van der Waals surface area contributed by atoms with Gasteiger partial charge in [-0.25, -0.2) is 0 Å². The summed E-state index contributed by atoms with van der Waals surface area (Å²) in [6, 6.07) is 0. The molecule has 0 saturated carbocycles. The molecule has 0 aromatic carbocycles. The molecule has 0 spiro atoms. The van der Waals surface area contributed by atoms with Crippen LogP contribution in [0.1, 0.15) is 60.8 Å². The van der Waals surface area contributed by atoms with Gasteiger partial charge in [-0.1, -0.05) is 37.1 Å². The number of aliphatic hydroxyl groups is 3. The lowest BCUT2D eigenvalue weighted by Crippen LogP contribution is -2.45. The minimum absolute atomic E-state index is 0.0292. The Morgan fingerprint density at radius 3 is 2.15 bits per heavy atom. The van der Waals surface area contributed by atoms with E-state index < -0.39 is 41.4 Å². The van der Waals surface area contributed by atoms with Crippen molar-refractivity contribution in [2.24, 2.45) is 17.3 Å². The molecule has 27 heavy (non-hydrogen) atoms. The van der Waals surface area contributed by atoms with Crippen molar-refractivity contribution in [3.05, 3.63) is 34.6 Å². The average molecular weight is 379 g/mol. The third-order valence-corrected chi connectivity index (χ3v) is 5.10. The van der Waals surface area contributed by atoms with Crippen molar-refractivity contribution in [3.63, 3.8) is 0 Å². The lowest BCUT2D eigenvalue weighted by molar-refractivity contribution is -0.127. The summed E-state index contributed by atoms with van der Waals surface area (Å²) in [5.74, 6) is -2.21. The van der Waals surface area contributed by atoms with Gasteiger partial charge in [0.15, 0.2) is 11.6 Å². The van der Waals surface area contributed by atoms with Gasteiger partial charge in [-0.15, -0.1) is 0 Å². The Kier molecular flexibility index (Phi) is 8.18. The van der Waals surface area contributed by atoms with Gasteiger partial charge in [-0.3, -0.25) is 9.59 Å². The molecule has 0 saturated heterocycles. The van der Waals surface area contributed by atoms with E-state index in [4.69, 9.17) is 0 Å². The molecule has 0 aliphatic heterocycles. The van der Waals surface area contributed by atoms with Crippen molar-refractivity contribution in [1.29, 1.82) is 0 Å². The van der Waals surface area contributed by atoms with Crippen LogP contribution in [0.2, 0.25) is 0 Å². The highest BCUT2D eigenvalue weighted by Crippen LogP contribution is 2.50. The Bertz CT molecular complexity index is 660. The van der Waals surface area contributed by atoms with E-state index in [1.165, 1.54) is 0 Å². The molecule has 0 aromatic rings. The molecule has 152 valence electrons. The van der Waals surface area contributed by atoms with Gasteiger partial charge in [-0.2, -0.15) is 0 Å². The number of rotatable bonds is 9. The van der Waals surface area contributed by atoms with Crippen LogP contribution < -0.4 is 0 Å². The van der Waals surface area contributed by atoms with Crippen molar-refractivity contribution in [2.45, 2.75) is 66.9 Å². The summed E-state index contributed by atoms with van der Waals surface area (Å²) in [5.41, 5.74) is 0.152. The van der Waals surface area contributed by atoms with Crippen molar-refractivity contribution in [3.8, 4) is 0 Å². The van der Waals surface area contributed by atoms with Crippen LogP contribution in [-0.2, 0) is 9.59 Å². The standard InChI is InChI=1S/C22H34O5/c1-13(2)7-9-16-20(26)19(17(24)11-15(5)6)21(27)22(16,12-23)18(25)10-8-14(3)4/h7-8,15-16,18,23,25,27H,9-12H2,1-6H3/t16?,18-,22-/m0/s1. The fourth-order valence-electron chi connectivity index (χ4n) is 3.57. The number of carbonyl (C=O) groups excluding carboxylic acids is 2. The summed E-state index contributed by atoms with van der Waals surface area (Å²) in [5, 5.41) is 32.0. The Labute approximate surface area is 162 Å². The third-order valence-electron chi connectivity index (χ3n) is 5.10. The predicted octanol–water partition coefficient (Wildman–Crippen LogP) is 3.66. The van der Waals surface area contributed by atoms with E-state index in [-0.39, 0.29) is 30.8 Å². The highest BCUT2D eigenvalue weighted by atomic mass is 16.3.